The Morgan fingerprint density at radius 3 is 2.67 bits per heavy atom. The maximum Gasteiger partial charge on any atom is 0.300 e. The second-order valence-electron chi connectivity index (χ2n) is 6.91. The highest BCUT2D eigenvalue weighted by atomic mass is 127. The van der Waals surface area contributed by atoms with Crippen molar-refractivity contribution in [3.63, 3.8) is 0 Å². The summed E-state index contributed by atoms with van der Waals surface area (Å²) in [5.41, 5.74) is -0.513. The van der Waals surface area contributed by atoms with Gasteiger partial charge >= 0.3 is 5.91 Å². The lowest BCUT2D eigenvalue weighted by Gasteiger charge is -2.31. The number of likely N-dealkylation sites (N-methyl/N-ethyl adjacent to an activating group) is 1. The van der Waals surface area contributed by atoms with Gasteiger partial charge in [0.15, 0.2) is 10.7 Å². The summed E-state index contributed by atoms with van der Waals surface area (Å²) < 4.78 is 13.1. The van der Waals surface area contributed by atoms with Crippen molar-refractivity contribution in [3.05, 3.63) is 12.2 Å². The van der Waals surface area contributed by atoms with E-state index >= 15 is 0 Å². The Morgan fingerprint density at radius 1 is 1.41 bits per heavy atom. The molecule has 1 aliphatic carbocycles. The molecule has 7 nitrogen and oxygen atoms in total. The van der Waals surface area contributed by atoms with Crippen LogP contribution in [0, 0.1) is 5.41 Å². The van der Waals surface area contributed by atoms with Gasteiger partial charge in [0.05, 0.1) is 13.2 Å². The number of aliphatic hydroxyl groups excluding tert-OH is 2. The number of carbonyl (C=O) groups is 1. The Morgan fingerprint density at radius 2 is 2.11 bits per heavy atom. The first-order valence-corrected chi connectivity index (χ1v) is 11.8. The first kappa shape index (κ1) is 24.7. The van der Waals surface area contributed by atoms with Crippen LogP contribution in [-0.2, 0) is 9.63 Å². The van der Waals surface area contributed by atoms with Crippen molar-refractivity contribution >= 4 is 5.91 Å². The first-order valence-electron chi connectivity index (χ1n) is 9.32. The van der Waals surface area contributed by atoms with Crippen LogP contribution >= 0.6 is 0 Å². The van der Waals surface area contributed by atoms with Gasteiger partial charge in [0.25, 0.3) is 25.1 Å². The minimum Gasteiger partial charge on any atom is -0.388 e. The second-order valence-corrected chi connectivity index (χ2v) is 10.5. The molecule has 1 aliphatic rings. The number of hydrogen-bond acceptors (Lipinski definition) is 6. The zero-order chi connectivity index (χ0) is 20.4. The number of carbonyl (C=O) groups excluding carboxylic acids is 1. The Hall–Kier alpha value is -0.330. The molecule has 1 amide bonds. The molecule has 158 valence electrons. The van der Waals surface area contributed by atoms with E-state index in [1.165, 1.54) is 0 Å². The van der Waals surface area contributed by atoms with Gasteiger partial charge in [-0.2, -0.15) is 5.06 Å². The second kappa shape index (κ2) is 12.3. The van der Waals surface area contributed by atoms with Crippen molar-refractivity contribution < 1.29 is 50.6 Å². The van der Waals surface area contributed by atoms with Gasteiger partial charge in [-0.05, 0) is 12.8 Å². The van der Waals surface area contributed by atoms with Gasteiger partial charge in [-0.3, -0.25) is 9.18 Å². The van der Waals surface area contributed by atoms with Crippen LogP contribution < -0.4 is 21.2 Å². The maximum absolute atomic E-state index is 13.7. The summed E-state index contributed by atoms with van der Waals surface area (Å²) in [6.45, 7) is 4.93. The molecule has 0 aromatic carbocycles. The van der Waals surface area contributed by atoms with Crippen LogP contribution in [0.15, 0.2) is 12.2 Å². The summed E-state index contributed by atoms with van der Waals surface area (Å²) in [6.07, 6.45) is 4.89. The summed E-state index contributed by atoms with van der Waals surface area (Å²) in [5, 5.41) is 31.3. The molecule has 0 saturated heterocycles. The average Bonchev–Trinajstić information content (AvgIpc) is 2.69. The fourth-order valence-electron chi connectivity index (χ4n) is 2.81. The third-order valence-electron chi connectivity index (χ3n) is 4.82. The number of allylic oxidation sites excluding steroid dienone is 2. The molecule has 0 aliphatic heterocycles. The minimum atomic E-state index is -0.891. The van der Waals surface area contributed by atoms with Crippen molar-refractivity contribution in [2.24, 2.45) is 5.41 Å². The largest absolute Gasteiger partial charge is 0.388 e. The summed E-state index contributed by atoms with van der Waals surface area (Å²) in [7, 11) is 0. The van der Waals surface area contributed by atoms with Gasteiger partial charge in [-0.25, -0.2) is 9.90 Å². The van der Waals surface area contributed by atoms with E-state index in [1.807, 2.05) is 19.1 Å². The standard InChI is InChI=1S/C18H33FIN2O5/c1-4-14(24)16(20-15-8-6-7-9-18(15,3)12-19)17(25)22(27-13-23)11-10-21(26)5-2/h6-7,14-16,23-24,26H,4-5,8-13H2,1-3H3/q+1/t14?,15?,16?,18-/m1/s1. The summed E-state index contributed by atoms with van der Waals surface area (Å²) in [5.74, 6) is -0.411. The van der Waals surface area contributed by atoms with Crippen molar-refractivity contribution in [2.75, 3.05) is 33.1 Å². The molecule has 3 unspecified atom stereocenters. The molecule has 9 heteroatoms. The van der Waals surface area contributed by atoms with Crippen LogP contribution in [0.4, 0.5) is 4.39 Å². The lowest BCUT2D eigenvalue weighted by Crippen LogP contribution is -3.70. The number of halogens is 2. The number of aliphatic hydroxyl groups is 2. The van der Waals surface area contributed by atoms with Crippen molar-refractivity contribution in [1.82, 2.24) is 10.1 Å². The van der Waals surface area contributed by atoms with Crippen molar-refractivity contribution in [1.29, 1.82) is 0 Å². The van der Waals surface area contributed by atoms with Crippen LogP contribution in [-0.4, -0.2) is 78.5 Å². The minimum absolute atomic E-state index is 0.0300. The third-order valence-corrected chi connectivity index (χ3v) is 9.84. The first-order chi connectivity index (χ1) is 12.8. The van der Waals surface area contributed by atoms with Crippen LogP contribution in [0.25, 0.3) is 0 Å². The van der Waals surface area contributed by atoms with Crippen molar-refractivity contribution in [3.8, 4) is 0 Å². The van der Waals surface area contributed by atoms with Crippen LogP contribution in [0.2, 0.25) is 0 Å². The Bertz CT molecular complexity index is 485. The van der Waals surface area contributed by atoms with Crippen molar-refractivity contribution in [2.45, 2.75) is 54.0 Å². The number of amides is 1. The van der Waals surface area contributed by atoms with E-state index in [0.29, 0.717) is 25.8 Å². The normalized spacial score (nSPS) is 24.8. The fraction of sp³-hybridized carbons (Fsp3) is 0.833. The molecule has 0 saturated carbocycles. The molecule has 4 atom stereocenters. The highest BCUT2D eigenvalue weighted by Crippen LogP contribution is 2.30. The zero-order valence-corrected chi connectivity index (χ0v) is 18.5. The third kappa shape index (κ3) is 7.21. The molecule has 0 spiro atoms. The Balaban J connectivity index is 2.95. The van der Waals surface area contributed by atoms with E-state index < -0.39 is 56.0 Å². The predicted molar refractivity (Wildman–Crippen MR) is 95.2 cm³/mol. The summed E-state index contributed by atoms with van der Waals surface area (Å²) >= 11 is -0.891. The smallest absolute Gasteiger partial charge is 0.300 e. The maximum atomic E-state index is 13.7. The monoisotopic (exact) mass is 503 g/mol. The molecule has 0 aromatic rings. The Labute approximate surface area is 171 Å². The Kier molecular flexibility index (Phi) is 11.2. The van der Waals surface area contributed by atoms with Crippen LogP contribution in [0.1, 0.15) is 40.0 Å². The molecule has 0 aromatic heterocycles. The van der Waals surface area contributed by atoms with E-state index in [1.54, 1.807) is 13.8 Å². The number of nitrogens with zero attached hydrogens (tertiary/aromatic N) is 2. The lowest BCUT2D eigenvalue weighted by molar-refractivity contribution is -0.729. The number of rotatable bonds is 12. The molecular weight excluding hydrogens is 470 g/mol. The van der Waals surface area contributed by atoms with Gasteiger partial charge < -0.3 is 15.4 Å². The lowest BCUT2D eigenvalue weighted by atomic mass is 9.80. The molecule has 1 rings (SSSR count). The fourth-order valence-corrected chi connectivity index (χ4v) is 7.22. The quantitative estimate of drug-likeness (QED) is 0.0971. The topological polar surface area (TPSA) is 93.5 Å². The van der Waals surface area contributed by atoms with E-state index in [4.69, 9.17) is 9.94 Å². The van der Waals surface area contributed by atoms with Gasteiger partial charge in [-0.15, -0.1) is 0 Å². The number of alkyl halides is 3. The van der Waals surface area contributed by atoms with Crippen LogP contribution in [0.5, 0.6) is 0 Å². The predicted octanol–water partition coefficient (Wildman–Crippen LogP) is -1.67. The highest BCUT2D eigenvalue weighted by molar-refractivity contribution is 5.80. The van der Waals surface area contributed by atoms with Gasteiger partial charge in [0, 0.05) is 24.9 Å². The summed E-state index contributed by atoms with van der Waals surface area (Å²) in [4.78, 5) is 18.1. The molecule has 0 radical (unpaired) electrons. The molecule has 27 heavy (non-hydrogen) atoms. The zero-order valence-electron chi connectivity index (χ0n) is 16.4. The SMILES string of the molecule is CCC(O)C([I+]C1CC=CC[C@]1(C)CF)C(=O)N(CCN(O)CC)OCO. The summed E-state index contributed by atoms with van der Waals surface area (Å²) in [6, 6.07) is 0. The molecule has 0 heterocycles. The highest BCUT2D eigenvalue weighted by Gasteiger charge is 2.51. The molecule has 0 bridgehead atoms. The average molecular weight is 503 g/mol. The van der Waals surface area contributed by atoms with E-state index in [-0.39, 0.29) is 17.0 Å². The van der Waals surface area contributed by atoms with Gasteiger partial charge in [0.2, 0.25) is 0 Å². The van der Waals surface area contributed by atoms with Crippen LogP contribution in [0.3, 0.4) is 0 Å². The van der Waals surface area contributed by atoms with Gasteiger partial charge in [0.1, 0.15) is 6.10 Å². The molecule has 0 fully saturated rings. The van der Waals surface area contributed by atoms with E-state index in [0.717, 1.165) is 10.1 Å². The molecule has 3 N–H and O–H groups in total. The van der Waals surface area contributed by atoms with Gasteiger partial charge in [-0.1, -0.05) is 32.9 Å². The molecular formula is C18H33FIN2O5+. The number of hydroxylamine groups is 4. The van der Waals surface area contributed by atoms with E-state index in [2.05, 4.69) is 0 Å². The van der Waals surface area contributed by atoms with E-state index in [9.17, 15) is 19.5 Å². The number of hydrogen-bond donors (Lipinski definition) is 3.